The molecule has 0 spiro atoms. The monoisotopic (exact) mass is 649 g/mol. The summed E-state index contributed by atoms with van der Waals surface area (Å²) in [6, 6.07) is 48.6. The topological polar surface area (TPSA) is 81.2 Å². The summed E-state index contributed by atoms with van der Waals surface area (Å²) >= 11 is 0. The van der Waals surface area contributed by atoms with E-state index in [0.717, 1.165) is 77.6 Å². The third-order valence-electron chi connectivity index (χ3n) is 9.45. The van der Waals surface area contributed by atoms with Gasteiger partial charge in [-0.1, -0.05) is 96.9 Å². The molecular weight excluding hydrogens is 623 g/mol. The van der Waals surface area contributed by atoms with Crippen LogP contribution in [0.2, 0.25) is 0 Å². The Kier molecular flexibility index (Phi) is 7.52. The van der Waals surface area contributed by atoms with Gasteiger partial charge in [-0.25, -0.2) is 0 Å². The van der Waals surface area contributed by atoms with Gasteiger partial charge in [-0.05, 0) is 72.1 Å². The lowest BCUT2D eigenvalue weighted by Gasteiger charge is -2.16. The first kappa shape index (κ1) is 30.7. The normalized spacial score (nSPS) is 11.1. The molecule has 2 heterocycles. The van der Waals surface area contributed by atoms with Gasteiger partial charge in [0.25, 0.3) is 0 Å². The van der Waals surface area contributed by atoms with Crippen LogP contribution in [0.5, 0.6) is 0 Å². The molecule has 5 nitrogen and oxygen atoms in total. The molecule has 8 aromatic rings. The van der Waals surface area contributed by atoms with Crippen molar-refractivity contribution in [3.8, 4) is 64.2 Å². The number of nitriles is 3. The number of fused-ring (bicyclic) bond motifs is 4. The first-order chi connectivity index (χ1) is 25.1. The molecule has 0 fully saturated rings. The number of allylic oxidation sites excluding steroid dienone is 1. The Labute approximate surface area is 295 Å². The average Bonchev–Trinajstić information content (AvgIpc) is 3.69. The van der Waals surface area contributed by atoms with Crippen LogP contribution >= 0.6 is 0 Å². The van der Waals surface area contributed by atoms with Crippen LogP contribution in [-0.2, 0) is 0 Å². The standard InChI is InChI=1S/C46H27N5/c1-3-10-38-39-12-5-7-15-43(39)50(42(38)4-2)35-22-23-36(34(26-35)29-49)31-18-20-32(21-19-31)37-14-9-11-33(28-48)46(37)51-44-16-8-6-13-40(44)41-25-30(27-47)17-24-45(41)51/h2-3,5-26H,1H3/b10-3-. The van der Waals surface area contributed by atoms with E-state index in [2.05, 4.69) is 34.8 Å². The quantitative estimate of drug-likeness (QED) is 0.174. The fourth-order valence-electron chi connectivity index (χ4n) is 7.25. The molecule has 236 valence electrons. The molecule has 2 aromatic heterocycles. The highest BCUT2D eigenvalue weighted by Gasteiger charge is 2.20. The number of para-hydroxylation sites is 3. The second-order valence-corrected chi connectivity index (χ2v) is 12.2. The Morgan fingerprint density at radius 3 is 1.92 bits per heavy atom. The molecule has 0 aliphatic heterocycles. The molecule has 51 heavy (non-hydrogen) atoms. The number of hydrogen-bond donors (Lipinski definition) is 0. The summed E-state index contributed by atoms with van der Waals surface area (Å²) in [5.41, 5.74) is 11.3. The lowest BCUT2D eigenvalue weighted by Crippen LogP contribution is -2.01. The van der Waals surface area contributed by atoms with E-state index in [1.165, 1.54) is 0 Å². The highest BCUT2D eigenvalue weighted by molar-refractivity contribution is 6.10. The second kappa shape index (κ2) is 12.5. The molecule has 0 unspecified atom stereocenters. The van der Waals surface area contributed by atoms with Crippen molar-refractivity contribution < 1.29 is 0 Å². The van der Waals surface area contributed by atoms with Crippen molar-refractivity contribution >= 4 is 38.8 Å². The Hall–Kier alpha value is -7.57. The van der Waals surface area contributed by atoms with Crippen LogP contribution in [0.3, 0.4) is 0 Å². The molecule has 0 radical (unpaired) electrons. The van der Waals surface area contributed by atoms with Gasteiger partial charge < -0.3 is 9.13 Å². The van der Waals surface area contributed by atoms with E-state index in [1.807, 2.05) is 145 Å². The zero-order chi connectivity index (χ0) is 35.1. The molecule has 0 aliphatic rings. The molecule has 0 atom stereocenters. The van der Waals surface area contributed by atoms with E-state index < -0.39 is 0 Å². The first-order valence-electron chi connectivity index (χ1n) is 16.4. The smallest absolute Gasteiger partial charge is 0.105 e. The lowest BCUT2D eigenvalue weighted by molar-refractivity contribution is 1.10. The maximum absolute atomic E-state index is 10.4. The van der Waals surface area contributed by atoms with Crippen molar-refractivity contribution in [1.29, 1.82) is 15.8 Å². The van der Waals surface area contributed by atoms with Gasteiger partial charge in [0.05, 0.1) is 51.1 Å². The van der Waals surface area contributed by atoms with E-state index in [9.17, 15) is 15.8 Å². The molecule has 0 saturated heterocycles. The number of hydrogen-bond acceptors (Lipinski definition) is 3. The summed E-state index contributed by atoms with van der Waals surface area (Å²) < 4.78 is 4.16. The van der Waals surface area contributed by atoms with Crippen molar-refractivity contribution in [2.75, 3.05) is 0 Å². The Morgan fingerprint density at radius 2 is 1.24 bits per heavy atom. The van der Waals surface area contributed by atoms with E-state index in [4.69, 9.17) is 6.42 Å². The summed E-state index contributed by atoms with van der Waals surface area (Å²) in [7, 11) is 0. The summed E-state index contributed by atoms with van der Waals surface area (Å²) in [5, 5.41) is 33.3. The minimum absolute atomic E-state index is 0.530. The fourth-order valence-corrected chi connectivity index (χ4v) is 7.25. The SMILES string of the molecule is C#Cc1c(/C=C\C)c2ccccc2n1-c1ccc(-c2ccc(-c3cccc(C#N)c3-n3c4ccccc4c4cc(C#N)ccc43)cc2)c(C#N)c1. The first-order valence-corrected chi connectivity index (χ1v) is 16.4. The molecule has 0 N–H and O–H groups in total. The van der Waals surface area contributed by atoms with E-state index in [0.29, 0.717) is 16.7 Å². The predicted molar refractivity (Wildman–Crippen MR) is 205 cm³/mol. The maximum atomic E-state index is 10.4. The Morgan fingerprint density at radius 1 is 0.569 bits per heavy atom. The van der Waals surface area contributed by atoms with Gasteiger partial charge in [0.15, 0.2) is 0 Å². The number of terminal acetylenes is 1. The van der Waals surface area contributed by atoms with Crippen LogP contribution in [0.1, 0.15) is 34.9 Å². The molecule has 5 heteroatoms. The molecule has 6 aromatic carbocycles. The van der Waals surface area contributed by atoms with Crippen LogP contribution in [0.15, 0.2) is 133 Å². The van der Waals surface area contributed by atoms with Gasteiger partial charge in [-0.3, -0.25) is 0 Å². The predicted octanol–water partition coefficient (Wildman–Crippen LogP) is 10.7. The summed E-state index contributed by atoms with van der Waals surface area (Å²) in [4.78, 5) is 0. The fraction of sp³-hybridized carbons (Fsp3) is 0.0217. The van der Waals surface area contributed by atoms with Crippen molar-refractivity contribution in [2.45, 2.75) is 6.92 Å². The third kappa shape index (κ3) is 4.86. The maximum Gasteiger partial charge on any atom is 0.105 e. The van der Waals surface area contributed by atoms with Gasteiger partial charge in [0.2, 0.25) is 0 Å². The molecular formula is C46H27N5. The highest BCUT2D eigenvalue weighted by atomic mass is 15.0. The minimum atomic E-state index is 0.530. The Balaban J connectivity index is 1.25. The van der Waals surface area contributed by atoms with E-state index in [-0.39, 0.29) is 0 Å². The third-order valence-corrected chi connectivity index (χ3v) is 9.45. The number of rotatable bonds is 5. The van der Waals surface area contributed by atoms with Crippen molar-refractivity contribution in [3.05, 3.63) is 161 Å². The van der Waals surface area contributed by atoms with E-state index in [1.54, 1.807) is 0 Å². The Bertz CT molecular complexity index is 2910. The van der Waals surface area contributed by atoms with Gasteiger partial charge in [-0.2, -0.15) is 15.8 Å². The summed E-state index contributed by atoms with van der Waals surface area (Å²) in [6.07, 6.45) is 10.1. The zero-order valence-electron chi connectivity index (χ0n) is 27.6. The van der Waals surface area contributed by atoms with Crippen molar-refractivity contribution in [3.63, 3.8) is 0 Å². The molecule has 8 rings (SSSR count). The van der Waals surface area contributed by atoms with Gasteiger partial charge in [-0.15, -0.1) is 6.42 Å². The van der Waals surface area contributed by atoms with Crippen LogP contribution in [0.4, 0.5) is 0 Å². The minimum Gasteiger partial charge on any atom is -0.307 e. The lowest BCUT2D eigenvalue weighted by atomic mass is 9.95. The molecule has 0 saturated carbocycles. The molecule has 0 aliphatic carbocycles. The number of nitrogens with zero attached hydrogens (tertiary/aromatic N) is 5. The average molecular weight is 650 g/mol. The van der Waals surface area contributed by atoms with Crippen molar-refractivity contribution in [1.82, 2.24) is 9.13 Å². The number of benzene rings is 6. The van der Waals surface area contributed by atoms with Gasteiger partial charge in [0.1, 0.15) is 11.8 Å². The second-order valence-electron chi connectivity index (χ2n) is 12.2. The highest BCUT2D eigenvalue weighted by Crippen LogP contribution is 2.39. The molecule has 0 bridgehead atoms. The molecule has 0 amide bonds. The van der Waals surface area contributed by atoms with Crippen LogP contribution < -0.4 is 0 Å². The van der Waals surface area contributed by atoms with Gasteiger partial charge >= 0.3 is 0 Å². The van der Waals surface area contributed by atoms with Crippen LogP contribution in [0, 0.1) is 46.3 Å². The number of aromatic nitrogens is 2. The summed E-state index contributed by atoms with van der Waals surface area (Å²) in [6.45, 7) is 1.97. The van der Waals surface area contributed by atoms with Crippen LogP contribution in [0.25, 0.3) is 72.4 Å². The van der Waals surface area contributed by atoms with Crippen LogP contribution in [-0.4, -0.2) is 9.13 Å². The zero-order valence-corrected chi connectivity index (χ0v) is 27.6. The van der Waals surface area contributed by atoms with Gasteiger partial charge in [0, 0.05) is 33.0 Å². The summed E-state index contributed by atoms with van der Waals surface area (Å²) in [5.74, 6) is 2.88. The van der Waals surface area contributed by atoms with Crippen molar-refractivity contribution in [2.24, 2.45) is 0 Å². The van der Waals surface area contributed by atoms with E-state index >= 15 is 0 Å². The largest absolute Gasteiger partial charge is 0.307 e.